The molecule has 0 bridgehead atoms. The van der Waals surface area contributed by atoms with Crippen LogP contribution in [0.1, 0.15) is 10.4 Å². The van der Waals surface area contributed by atoms with Crippen molar-refractivity contribution in [2.75, 3.05) is 7.11 Å². The lowest BCUT2D eigenvalue weighted by Crippen LogP contribution is -1.99. The van der Waals surface area contributed by atoms with E-state index in [0.717, 1.165) is 17.1 Å². The van der Waals surface area contributed by atoms with Gasteiger partial charge in [0.05, 0.1) is 13.0 Å². The van der Waals surface area contributed by atoms with E-state index in [2.05, 4.69) is 0 Å². The number of hydrogen-bond donors (Lipinski definition) is 0. The number of alkyl halides is 1. The highest BCUT2D eigenvalue weighted by Crippen LogP contribution is 2.32. The summed E-state index contributed by atoms with van der Waals surface area (Å²) in [6.45, 7) is 0.544. The average molecular weight is 269 g/mol. The molecule has 17 heavy (non-hydrogen) atoms. The van der Waals surface area contributed by atoms with Crippen molar-refractivity contribution in [3.8, 4) is 11.5 Å². The molecule has 1 aromatic heterocycles. The molecular weight excluding hydrogens is 256 g/mol. The SMILES string of the molecule is COc1cccc(CCl)c1OCc1cccs1. The number of halogens is 1. The molecule has 1 heterocycles. The van der Waals surface area contributed by atoms with Crippen LogP contribution in [-0.2, 0) is 12.5 Å². The molecule has 2 rings (SSSR count). The molecule has 2 nitrogen and oxygen atoms in total. The van der Waals surface area contributed by atoms with Crippen LogP contribution in [-0.4, -0.2) is 7.11 Å². The highest BCUT2D eigenvalue weighted by Gasteiger charge is 2.10. The highest BCUT2D eigenvalue weighted by molar-refractivity contribution is 7.09. The zero-order chi connectivity index (χ0) is 12.1. The second kappa shape index (κ2) is 5.94. The predicted molar refractivity (Wildman–Crippen MR) is 71.2 cm³/mol. The van der Waals surface area contributed by atoms with Crippen molar-refractivity contribution in [2.45, 2.75) is 12.5 Å². The number of benzene rings is 1. The van der Waals surface area contributed by atoms with Gasteiger partial charge in [-0.3, -0.25) is 0 Å². The Morgan fingerprint density at radius 2 is 2.12 bits per heavy atom. The van der Waals surface area contributed by atoms with Crippen molar-refractivity contribution in [1.82, 2.24) is 0 Å². The molecular formula is C13H13ClO2S. The second-order valence-electron chi connectivity index (χ2n) is 3.45. The number of thiophene rings is 1. The van der Waals surface area contributed by atoms with Gasteiger partial charge in [-0.1, -0.05) is 18.2 Å². The predicted octanol–water partition coefficient (Wildman–Crippen LogP) is 4.07. The zero-order valence-electron chi connectivity index (χ0n) is 9.48. The fourth-order valence-electron chi connectivity index (χ4n) is 1.53. The summed E-state index contributed by atoms with van der Waals surface area (Å²) < 4.78 is 11.1. The largest absolute Gasteiger partial charge is 0.493 e. The Balaban J connectivity index is 2.18. The molecule has 0 spiro atoms. The fraction of sp³-hybridized carbons (Fsp3) is 0.231. The molecule has 0 atom stereocenters. The molecule has 0 aliphatic carbocycles. The molecule has 0 radical (unpaired) electrons. The highest BCUT2D eigenvalue weighted by atomic mass is 35.5. The van der Waals surface area contributed by atoms with Crippen molar-refractivity contribution in [1.29, 1.82) is 0 Å². The van der Waals surface area contributed by atoms with Crippen molar-refractivity contribution in [2.24, 2.45) is 0 Å². The molecule has 0 fully saturated rings. The van der Waals surface area contributed by atoms with Gasteiger partial charge in [0.2, 0.25) is 0 Å². The summed E-state index contributed by atoms with van der Waals surface area (Å²) in [5.74, 6) is 1.87. The number of hydrogen-bond acceptors (Lipinski definition) is 3. The molecule has 0 unspecified atom stereocenters. The van der Waals surface area contributed by atoms with Crippen molar-refractivity contribution in [3.05, 3.63) is 46.2 Å². The van der Waals surface area contributed by atoms with E-state index >= 15 is 0 Å². The summed E-state index contributed by atoms with van der Waals surface area (Å²) in [4.78, 5) is 1.18. The minimum atomic E-state index is 0.414. The van der Waals surface area contributed by atoms with Gasteiger partial charge in [-0.25, -0.2) is 0 Å². The van der Waals surface area contributed by atoms with Gasteiger partial charge in [-0.05, 0) is 17.5 Å². The van der Waals surface area contributed by atoms with E-state index in [9.17, 15) is 0 Å². The van der Waals surface area contributed by atoms with E-state index < -0.39 is 0 Å². The summed E-state index contributed by atoms with van der Waals surface area (Å²) in [5.41, 5.74) is 0.947. The first-order valence-corrected chi connectivity index (χ1v) is 6.63. The van der Waals surface area contributed by atoms with E-state index in [1.165, 1.54) is 4.88 Å². The third-order valence-electron chi connectivity index (χ3n) is 2.36. The lowest BCUT2D eigenvalue weighted by atomic mass is 10.2. The fourth-order valence-corrected chi connectivity index (χ4v) is 2.36. The first kappa shape index (κ1) is 12.3. The maximum Gasteiger partial charge on any atom is 0.166 e. The van der Waals surface area contributed by atoms with E-state index in [4.69, 9.17) is 21.1 Å². The van der Waals surface area contributed by atoms with Crippen LogP contribution in [0.2, 0.25) is 0 Å². The molecule has 4 heteroatoms. The molecule has 0 saturated heterocycles. The molecule has 1 aromatic carbocycles. The van der Waals surface area contributed by atoms with Crippen LogP contribution in [0.25, 0.3) is 0 Å². The van der Waals surface area contributed by atoms with Gasteiger partial charge in [0.15, 0.2) is 11.5 Å². The molecule has 2 aromatic rings. The topological polar surface area (TPSA) is 18.5 Å². The Morgan fingerprint density at radius 3 is 2.76 bits per heavy atom. The Labute approximate surface area is 110 Å². The molecule has 90 valence electrons. The maximum atomic E-state index is 5.89. The van der Waals surface area contributed by atoms with Crippen LogP contribution in [0.15, 0.2) is 35.7 Å². The summed E-state index contributed by atoms with van der Waals surface area (Å²) in [6, 6.07) is 9.78. The smallest absolute Gasteiger partial charge is 0.166 e. The lowest BCUT2D eigenvalue weighted by molar-refractivity contribution is 0.285. The number of rotatable bonds is 5. The van der Waals surface area contributed by atoms with Crippen molar-refractivity contribution < 1.29 is 9.47 Å². The Kier molecular flexibility index (Phi) is 4.29. The van der Waals surface area contributed by atoms with E-state index in [1.54, 1.807) is 18.4 Å². The zero-order valence-corrected chi connectivity index (χ0v) is 11.1. The average Bonchev–Trinajstić information content (AvgIpc) is 2.88. The molecule has 0 N–H and O–H groups in total. The first-order valence-electron chi connectivity index (χ1n) is 5.22. The molecule has 0 saturated carbocycles. The molecule has 0 aliphatic rings. The first-order chi connectivity index (χ1) is 8.35. The monoisotopic (exact) mass is 268 g/mol. The minimum Gasteiger partial charge on any atom is -0.493 e. The second-order valence-corrected chi connectivity index (χ2v) is 4.75. The minimum absolute atomic E-state index is 0.414. The van der Waals surface area contributed by atoms with Crippen LogP contribution in [0.5, 0.6) is 11.5 Å². The van der Waals surface area contributed by atoms with Gasteiger partial charge >= 0.3 is 0 Å². The van der Waals surface area contributed by atoms with Gasteiger partial charge in [0.1, 0.15) is 6.61 Å². The van der Waals surface area contributed by atoms with Crippen molar-refractivity contribution in [3.63, 3.8) is 0 Å². The van der Waals surface area contributed by atoms with Gasteiger partial charge in [0.25, 0.3) is 0 Å². The Hall–Kier alpha value is -1.19. The maximum absolute atomic E-state index is 5.89. The van der Waals surface area contributed by atoms with Crippen LogP contribution < -0.4 is 9.47 Å². The quantitative estimate of drug-likeness (QED) is 0.761. The van der Waals surface area contributed by atoms with Crippen LogP contribution in [0, 0.1) is 0 Å². The standard InChI is InChI=1S/C13H13ClO2S/c1-15-12-6-2-4-10(8-14)13(12)16-9-11-5-3-7-17-11/h2-7H,8-9H2,1H3. The third-order valence-corrected chi connectivity index (χ3v) is 3.50. The van der Waals surface area contributed by atoms with Gasteiger partial charge in [-0.2, -0.15) is 0 Å². The number of para-hydroxylation sites is 1. The van der Waals surface area contributed by atoms with Gasteiger partial charge in [-0.15, -0.1) is 22.9 Å². The summed E-state index contributed by atoms with van der Waals surface area (Å²) in [6.07, 6.45) is 0. The number of methoxy groups -OCH3 is 1. The van der Waals surface area contributed by atoms with Gasteiger partial charge in [0, 0.05) is 10.4 Å². The Bertz CT molecular complexity index is 446. The normalized spacial score (nSPS) is 10.2. The summed E-state index contributed by atoms with van der Waals surface area (Å²) in [5, 5.41) is 2.03. The molecule has 0 amide bonds. The van der Waals surface area contributed by atoms with E-state index in [0.29, 0.717) is 12.5 Å². The third kappa shape index (κ3) is 2.93. The number of ether oxygens (including phenoxy) is 2. The molecule has 0 aliphatic heterocycles. The summed E-state index contributed by atoms with van der Waals surface area (Å²) in [7, 11) is 1.63. The lowest BCUT2D eigenvalue weighted by Gasteiger charge is -2.13. The summed E-state index contributed by atoms with van der Waals surface area (Å²) >= 11 is 7.56. The Morgan fingerprint density at radius 1 is 1.24 bits per heavy atom. The van der Waals surface area contributed by atoms with E-state index in [1.807, 2.05) is 35.7 Å². The van der Waals surface area contributed by atoms with Crippen LogP contribution >= 0.6 is 22.9 Å². The van der Waals surface area contributed by atoms with Crippen molar-refractivity contribution >= 4 is 22.9 Å². The van der Waals surface area contributed by atoms with Gasteiger partial charge < -0.3 is 9.47 Å². The van der Waals surface area contributed by atoms with E-state index in [-0.39, 0.29) is 0 Å². The van der Waals surface area contributed by atoms with Crippen LogP contribution in [0.4, 0.5) is 0 Å². The van der Waals surface area contributed by atoms with Crippen LogP contribution in [0.3, 0.4) is 0 Å².